The minimum atomic E-state index is -0.333. The Bertz CT molecular complexity index is 585. The largest absolute Gasteiger partial charge is 0.393 e. The van der Waals surface area contributed by atoms with Gasteiger partial charge in [0.2, 0.25) is 0 Å². The average molecular weight is 287 g/mol. The number of likely N-dealkylation sites (tertiary alicyclic amines) is 1. The van der Waals surface area contributed by atoms with E-state index in [-0.39, 0.29) is 24.5 Å². The molecule has 0 spiro atoms. The third kappa shape index (κ3) is 3.63. The first-order chi connectivity index (χ1) is 10.0. The van der Waals surface area contributed by atoms with Crippen LogP contribution in [-0.2, 0) is 0 Å². The molecular weight excluding hydrogens is 266 g/mol. The van der Waals surface area contributed by atoms with Gasteiger partial charge in [-0.2, -0.15) is 0 Å². The standard InChI is InChI=1S/C17H21NO3/c1-12-5-6-15(14(10-12)4-3-9-19)17(21)18-8-7-16(20)13(2)11-18/h5-6,10,13,16,19-20H,7-9,11H2,1-2H3. The maximum Gasteiger partial charge on any atom is 0.255 e. The second kappa shape index (κ2) is 6.75. The van der Waals surface area contributed by atoms with Gasteiger partial charge in [0.05, 0.1) is 11.7 Å². The van der Waals surface area contributed by atoms with E-state index >= 15 is 0 Å². The molecule has 0 radical (unpaired) electrons. The van der Waals surface area contributed by atoms with Gasteiger partial charge >= 0.3 is 0 Å². The van der Waals surface area contributed by atoms with Gasteiger partial charge in [-0.3, -0.25) is 4.79 Å². The van der Waals surface area contributed by atoms with Gasteiger partial charge in [0, 0.05) is 18.7 Å². The van der Waals surface area contributed by atoms with E-state index in [0.717, 1.165) is 5.56 Å². The lowest BCUT2D eigenvalue weighted by Gasteiger charge is -2.34. The third-order valence-corrected chi connectivity index (χ3v) is 3.85. The Kier molecular flexibility index (Phi) is 5.00. The Morgan fingerprint density at radius 3 is 2.90 bits per heavy atom. The normalized spacial score (nSPS) is 21.6. The molecule has 4 nitrogen and oxygen atoms in total. The molecule has 0 bridgehead atoms. The summed E-state index contributed by atoms with van der Waals surface area (Å²) < 4.78 is 0. The van der Waals surface area contributed by atoms with Crippen LogP contribution in [0.25, 0.3) is 0 Å². The lowest BCUT2D eigenvalue weighted by molar-refractivity contribution is 0.0297. The van der Waals surface area contributed by atoms with Crippen molar-refractivity contribution in [3.05, 3.63) is 34.9 Å². The third-order valence-electron chi connectivity index (χ3n) is 3.85. The minimum Gasteiger partial charge on any atom is -0.393 e. The number of hydrogen-bond donors (Lipinski definition) is 2. The first-order valence-electron chi connectivity index (χ1n) is 7.20. The van der Waals surface area contributed by atoms with Crippen LogP contribution >= 0.6 is 0 Å². The number of carbonyl (C=O) groups is 1. The molecule has 1 aliphatic rings. The molecule has 2 rings (SSSR count). The fourth-order valence-corrected chi connectivity index (χ4v) is 2.57. The van der Waals surface area contributed by atoms with E-state index in [9.17, 15) is 9.90 Å². The van der Waals surface area contributed by atoms with E-state index in [1.807, 2.05) is 26.0 Å². The van der Waals surface area contributed by atoms with E-state index in [2.05, 4.69) is 11.8 Å². The molecule has 1 aliphatic heterocycles. The summed E-state index contributed by atoms with van der Waals surface area (Å²) in [5, 5.41) is 18.6. The fourth-order valence-electron chi connectivity index (χ4n) is 2.57. The molecule has 21 heavy (non-hydrogen) atoms. The van der Waals surface area contributed by atoms with Gasteiger partial charge in [0.1, 0.15) is 6.61 Å². The van der Waals surface area contributed by atoms with Crippen molar-refractivity contribution in [3.63, 3.8) is 0 Å². The number of carbonyl (C=O) groups excluding carboxylic acids is 1. The molecule has 1 fully saturated rings. The average Bonchev–Trinajstić information content (AvgIpc) is 2.47. The molecule has 112 valence electrons. The van der Waals surface area contributed by atoms with Crippen LogP contribution in [0, 0.1) is 24.7 Å². The van der Waals surface area contributed by atoms with E-state index in [4.69, 9.17) is 5.11 Å². The maximum absolute atomic E-state index is 12.7. The number of aryl methyl sites for hydroxylation is 1. The van der Waals surface area contributed by atoms with Gasteiger partial charge in [0.15, 0.2) is 0 Å². The van der Waals surface area contributed by atoms with E-state index in [1.165, 1.54) is 0 Å². The quantitative estimate of drug-likeness (QED) is 0.763. The highest BCUT2D eigenvalue weighted by Gasteiger charge is 2.28. The number of amides is 1. The first-order valence-corrected chi connectivity index (χ1v) is 7.20. The number of hydrogen-bond acceptors (Lipinski definition) is 3. The van der Waals surface area contributed by atoms with Crippen molar-refractivity contribution in [1.82, 2.24) is 4.90 Å². The summed E-state index contributed by atoms with van der Waals surface area (Å²) in [6.45, 7) is 4.78. The van der Waals surface area contributed by atoms with Crippen molar-refractivity contribution in [2.24, 2.45) is 5.92 Å². The molecule has 1 aromatic carbocycles. The smallest absolute Gasteiger partial charge is 0.255 e. The molecule has 2 unspecified atom stereocenters. The summed E-state index contributed by atoms with van der Waals surface area (Å²) in [5.41, 5.74) is 2.23. The second-order valence-electron chi connectivity index (χ2n) is 5.59. The van der Waals surface area contributed by atoms with Gasteiger partial charge in [-0.15, -0.1) is 0 Å². The van der Waals surface area contributed by atoms with Crippen LogP contribution in [0.2, 0.25) is 0 Å². The summed E-state index contributed by atoms with van der Waals surface area (Å²) in [7, 11) is 0. The van der Waals surface area contributed by atoms with Gasteiger partial charge in [-0.05, 0) is 37.0 Å². The van der Waals surface area contributed by atoms with E-state index in [0.29, 0.717) is 30.6 Å². The number of benzene rings is 1. The number of nitrogens with zero attached hydrogens (tertiary/aromatic N) is 1. The highest BCUT2D eigenvalue weighted by molar-refractivity contribution is 5.97. The topological polar surface area (TPSA) is 60.8 Å². The molecule has 2 atom stereocenters. The maximum atomic E-state index is 12.7. The van der Waals surface area contributed by atoms with Crippen molar-refractivity contribution in [2.45, 2.75) is 26.4 Å². The van der Waals surface area contributed by atoms with Gasteiger partial charge in [-0.25, -0.2) is 0 Å². The summed E-state index contributed by atoms with van der Waals surface area (Å²) in [5.74, 6) is 5.47. The first kappa shape index (κ1) is 15.6. The number of piperidine rings is 1. The van der Waals surface area contributed by atoms with Gasteiger partial charge < -0.3 is 15.1 Å². The zero-order valence-electron chi connectivity index (χ0n) is 12.5. The summed E-state index contributed by atoms with van der Waals surface area (Å²) in [6.07, 6.45) is 0.275. The Labute approximate surface area is 125 Å². The molecule has 1 aromatic rings. The van der Waals surface area contributed by atoms with Crippen LogP contribution in [0.3, 0.4) is 0 Å². The highest BCUT2D eigenvalue weighted by atomic mass is 16.3. The lowest BCUT2D eigenvalue weighted by atomic mass is 9.95. The lowest BCUT2D eigenvalue weighted by Crippen LogP contribution is -2.45. The minimum absolute atomic E-state index is 0.0593. The van der Waals surface area contributed by atoms with Crippen LogP contribution in [-0.4, -0.2) is 46.8 Å². The van der Waals surface area contributed by atoms with Crippen molar-refractivity contribution >= 4 is 5.91 Å². The molecule has 0 aromatic heterocycles. The van der Waals surface area contributed by atoms with Crippen molar-refractivity contribution in [3.8, 4) is 11.8 Å². The number of rotatable bonds is 1. The van der Waals surface area contributed by atoms with Crippen LogP contribution in [0.1, 0.15) is 34.8 Å². The van der Waals surface area contributed by atoms with Crippen molar-refractivity contribution in [2.75, 3.05) is 19.7 Å². The molecule has 1 amide bonds. The van der Waals surface area contributed by atoms with Crippen LogP contribution in [0.5, 0.6) is 0 Å². The number of aliphatic hydroxyl groups excluding tert-OH is 2. The zero-order chi connectivity index (χ0) is 15.4. The molecular formula is C17H21NO3. The number of aliphatic hydroxyl groups is 2. The predicted octanol–water partition coefficient (Wildman–Crippen LogP) is 1.18. The van der Waals surface area contributed by atoms with E-state index in [1.54, 1.807) is 11.0 Å². The van der Waals surface area contributed by atoms with Crippen LogP contribution in [0.15, 0.2) is 18.2 Å². The summed E-state index contributed by atoms with van der Waals surface area (Å²) >= 11 is 0. The Hall–Kier alpha value is -1.83. The Morgan fingerprint density at radius 1 is 1.48 bits per heavy atom. The Balaban J connectivity index is 2.26. The molecule has 0 saturated carbocycles. The van der Waals surface area contributed by atoms with Gasteiger partial charge in [0.25, 0.3) is 5.91 Å². The van der Waals surface area contributed by atoms with E-state index < -0.39 is 0 Å². The predicted molar refractivity (Wildman–Crippen MR) is 80.8 cm³/mol. The summed E-state index contributed by atoms with van der Waals surface area (Å²) in [4.78, 5) is 14.4. The molecule has 1 heterocycles. The molecule has 0 aliphatic carbocycles. The fraction of sp³-hybridized carbons (Fsp3) is 0.471. The molecule has 4 heteroatoms. The SMILES string of the molecule is Cc1ccc(C(=O)N2CCC(O)C(C)C2)c(C#CCO)c1. The second-order valence-corrected chi connectivity index (χ2v) is 5.59. The monoisotopic (exact) mass is 287 g/mol. The zero-order valence-corrected chi connectivity index (χ0v) is 12.5. The summed E-state index contributed by atoms with van der Waals surface area (Å²) in [6, 6.07) is 5.53. The van der Waals surface area contributed by atoms with Gasteiger partial charge in [-0.1, -0.05) is 24.8 Å². The van der Waals surface area contributed by atoms with Crippen LogP contribution < -0.4 is 0 Å². The Morgan fingerprint density at radius 2 is 2.24 bits per heavy atom. The molecule has 1 saturated heterocycles. The van der Waals surface area contributed by atoms with Crippen molar-refractivity contribution < 1.29 is 15.0 Å². The van der Waals surface area contributed by atoms with Crippen molar-refractivity contribution in [1.29, 1.82) is 0 Å². The highest BCUT2D eigenvalue weighted by Crippen LogP contribution is 2.20. The van der Waals surface area contributed by atoms with Crippen LogP contribution in [0.4, 0.5) is 0 Å². The molecule has 2 N–H and O–H groups in total.